The minimum absolute atomic E-state index is 0.617. The summed E-state index contributed by atoms with van der Waals surface area (Å²) in [4.78, 5) is 5.66. The summed E-state index contributed by atoms with van der Waals surface area (Å²) in [5.74, 6) is 1.56. The summed E-state index contributed by atoms with van der Waals surface area (Å²) in [6.45, 7) is 0. The summed E-state index contributed by atoms with van der Waals surface area (Å²) in [5.41, 5.74) is 9.53. The van der Waals surface area contributed by atoms with Crippen molar-refractivity contribution < 1.29 is 9.47 Å². The second-order valence-corrected chi connectivity index (χ2v) is 7.19. The molecule has 3 aromatic rings. The van der Waals surface area contributed by atoms with E-state index in [-0.39, 0.29) is 0 Å². The van der Waals surface area contributed by atoms with Crippen LogP contribution in [0.15, 0.2) is 41.6 Å². The Morgan fingerprint density at radius 2 is 1.96 bits per heavy atom. The lowest BCUT2D eigenvalue weighted by Crippen LogP contribution is -1.96. The number of benzene rings is 1. The van der Waals surface area contributed by atoms with Crippen molar-refractivity contribution in [3.05, 3.63) is 36.7 Å². The van der Waals surface area contributed by atoms with Crippen LogP contribution in [-0.2, 0) is 0 Å². The van der Waals surface area contributed by atoms with Crippen LogP contribution in [0, 0.1) is 0 Å². The molecule has 0 aliphatic heterocycles. The number of ether oxygens (including phenoxy) is 2. The molecule has 0 bridgehead atoms. The van der Waals surface area contributed by atoms with Crippen molar-refractivity contribution in [3.8, 4) is 22.8 Å². The van der Waals surface area contributed by atoms with Crippen molar-refractivity contribution in [1.29, 1.82) is 0 Å². The fraction of sp³-hybridized carbons (Fsp3) is 0.278. The number of hydrogen-bond acceptors (Lipinski definition) is 5. The molecule has 0 amide bonds. The van der Waals surface area contributed by atoms with Gasteiger partial charge in [-0.25, -0.2) is 4.98 Å². The minimum atomic E-state index is 0.617. The molecule has 24 heavy (non-hydrogen) atoms. The number of thioether (sulfide) groups is 1. The number of rotatable bonds is 5. The van der Waals surface area contributed by atoms with Gasteiger partial charge in [0.1, 0.15) is 17.1 Å². The van der Waals surface area contributed by atoms with Gasteiger partial charge in [0, 0.05) is 23.1 Å². The average molecular weight is 341 g/mol. The molecular weight excluding hydrogens is 322 g/mol. The smallest absolute Gasteiger partial charge is 0.141 e. The molecule has 5 nitrogen and oxygen atoms in total. The van der Waals surface area contributed by atoms with Crippen molar-refractivity contribution in [2.45, 2.75) is 23.0 Å². The number of imidazole rings is 1. The summed E-state index contributed by atoms with van der Waals surface area (Å²) in [5, 5.41) is 0.708. The largest absolute Gasteiger partial charge is 0.495 e. The molecule has 0 spiro atoms. The first-order valence-electron chi connectivity index (χ1n) is 7.85. The Kier molecular flexibility index (Phi) is 3.76. The second-order valence-electron chi connectivity index (χ2n) is 5.85. The highest BCUT2D eigenvalue weighted by Crippen LogP contribution is 2.43. The zero-order valence-electron chi connectivity index (χ0n) is 13.7. The molecule has 124 valence electrons. The van der Waals surface area contributed by atoms with Crippen LogP contribution in [0.25, 0.3) is 16.9 Å². The molecule has 1 saturated carbocycles. The zero-order valence-corrected chi connectivity index (χ0v) is 14.5. The lowest BCUT2D eigenvalue weighted by atomic mass is 10.1. The van der Waals surface area contributed by atoms with Gasteiger partial charge >= 0.3 is 0 Å². The Hall–Kier alpha value is -2.34. The van der Waals surface area contributed by atoms with Crippen LogP contribution >= 0.6 is 11.8 Å². The Balaban J connectivity index is 1.82. The van der Waals surface area contributed by atoms with Gasteiger partial charge in [0.15, 0.2) is 0 Å². The van der Waals surface area contributed by atoms with E-state index in [1.807, 2.05) is 42.2 Å². The number of aromatic nitrogens is 2. The summed E-state index contributed by atoms with van der Waals surface area (Å²) >= 11 is 1.87. The fourth-order valence-electron chi connectivity index (χ4n) is 2.71. The van der Waals surface area contributed by atoms with E-state index in [0.717, 1.165) is 27.5 Å². The zero-order chi connectivity index (χ0) is 16.7. The monoisotopic (exact) mass is 341 g/mol. The molecule has 0 unspecified atom stereocenters. The highest BCUT2D eigenvalue weighted by Gasteiger charge is 2.24. The van der Waals surface area contributed by atoms with Gasteiger partial charge in [-0.05, 0) is 31.0 Å². The number of hydrogen-bond donors (Lipinski definition) is 1. The Morgan fingerprint density at radius 3 is 2.62 bits per heavy atom. The average Bonchev–Trinajstić information content (AvgIpc) is 3.31. The van der Waals surface area contributed by atoms with E-state index in [1.165, 1.54) is 12.8 Å². The van der Waals surface area contributed by atoms with Gasteiger partial charge in [-0.3, -0.25) is 4.40 Å². The van der Waals surface area contributed by atoms with Gasteiger partial charge in [0.2, 0.25) is 0 Å². The molecule has 1 fully saturated rings. The Labute approximate surface area is 144 Å². The number of nitrogens with two attached hydrogens (primary N) is 1. The van der Waals surface area contributed by atoms with Crippen LogP contribution in [0.5, 0.6) is 11.5 Å². The lowest BCUT2D eigenvalue weighted by molar-refractivity contribution is 0.404. The summed E-state index contributed by atoms with van der Waals surface area (Å²) in [7, 11) is 3.32. The molecule has 1 aliphatic carbocycles. The molecule has 2 aromatic heterocycles. The quantitative estimate of drug-likeness (QED) is 0.714. The predicted octanol–water partition coefficient (Wildman–Crippen LogP) is 3.86. The van der Waals surface area contributed by atoms with E-state index in [9.17, 15) is 0 Å². The van der Waals surface area contributed by atoms with Crippen LogP contribution in [0.4, 0.5) is 5.69 Å². The summed E-state index contributed by atoms with van der Waals surface area (Å²) < 4.78 is 12.9. The second kappa shape index (κ2) is 5.94. The third-order valence-corrected chi connectivity index (χ3v) is 5.50. The fourth-order valence-corrected chi connectivity index (χ4v) is 3.86. The summed E-state index contributed by atoms with van der Waals surface area (Å²) in [6.07, 6.45) is 6.52. The van der Waals surface area contributed by atoms with Crippen LogP contribution in [0.1, 0.15) is 12.8 Å². The maximum Gasteiger partial charge on any atom is 0.141 e. The molecule has 4 rings (SSSR count). The third kappa shape index (κ3) is 2.67. The van der Waals surface area contributed by atoms with E-state index in [4.69, 9.17) is 15.2 Å². The highest BCUT2D eigenvalue weighted by molar-refractivity contribution is 8.00. The van der Waals surface area contributed by atoms with E-state index >= 15 is 0 Å². The van der Waals surface area contributed by atoms with Crippen molar-refractivity contribution in [3.63, 3.8) is 0 Å². The predicted molar refractivity (Wildman–Crippen MR) is 97.0 cm³/mol. The topological polar surface area (TPSA) is 61.8 Å². The first-order chi connectivity index (χ1) is 11.7. The van der Waals surface area contributed by atoms with Crippen LogP contribution in [0.3, 0.4) is 0 Å². The Morgan fingerprint density at radius 1 is 1.17 bits per heavy atom. The van der Waals surface area contributed by atoms with Crippen LogP contribution < -0.4 is 15.2 Å². The number of methoxy groups -OCH3 is 2. The van der Waals surface area contributed by atoms with Crippen molar-refractivity contribution in [1.82, 2.24) is 9.38 Å². The molecule has 1 aromatic carbocycles. The van der Waals surface area contributed by atoms with E-state index < -0.39 is 0 Å². The number of pyridine rings is 1. The number of nitrogens with zero attached hydrogens (tertiary/aromatic N) is 2. The van der Waals surface area contributed by atoms with Crippen molar-refractivity contribution in [2.24, 2.45) is 0 Å². The van der Waals surface area contributed by atoms with E-state index in [2.05, 4.69) is 15.6 Å². The molecule has 2 N–H and O–H groups in total. The first-order valence-corrected chi connectivity index (χ1v) is 8.73. The lowest BCUT2D eigenvalue weighted by Gasteiger charge is -2.11. The minimum Gasteiger partial charge on any atom is -0.495 e. The van der Waals surface area contributed by atoms with Gasteiger partial charge in [-0.15, -0.1) is 11.8 Å². The van der Waals surface area contributed by atoms with Gasteiger partial charge < -0.3 is 15.2 Å². The molecule has 2 heterocycles. The SMILES string of the molecule is COc1ccc(-c2cnc3cc(OC)c(SC4CC4)cn23)cc1N. The van der Waals surface area contributed by atoms with Crippen molar-refractivity contribution in [2.75, 3.05) is 20.0 Å². The van der Waals surface area contributed by atoms with Crippen molar-refractivity contribution >= 4 is 23.1 Å². The maximum atomic E-state index is 6.05. The van der Waals surface area contributed by atoms with Gasteiger partial charge in [-0.2, -0.15) is 0 Å². The van der Waals surface area contributed by atoms with Crippen LogP contribution in [-0.4, -0.2) is 28.9 Å². The molecule has 0 atom stereocenters. The van der Waals surface area contributed by atoms with Gasteiger partial charge in [-0.1, -0.05) is 0 Å². The maximum absolute atomic E-state index is 6.05. The standard InChI is InChI=1S/C18H19N3O2S/c1-22-15-6-3-11(7-13(15)19)14-9-20-18-8-16(23-2)17(10-21(14)18)24-12-4-5-12/h3,6-10,12H,4-5,19H2,1-2H3. The first kappa shape index (κ1) is 15.2. The number of fused-ring (bicyclic) bond motifs is 1. The van der Waals surface area contributed by atoms with Crippen LogP contribution in [0.2, 0.25) is 0 Å². The van der Waals surface area contributed by atoms with E-state index in [1.54, 1.807) is 14.2 Å². The summed E-state index contributed by atoms with van der Waals surface area (Å²) in [6, 6.07) is 7.78. The normalized spacial score (nSPS) is 14.1. The van der Waals surface area contributed by atoms with Gasteiger partial charge in [0.05, 0.1) is 36.7 Å². The third-order valence-electron chi connectivity index (χ3n) is 4.14. The number of anilines is 1. The molecule has 1 aliphatic rings. The van der Waals surface area contributed by atoms with Gasteiger partial charge in [0.25, 0.3) is 0 Å². The molecule has 6 heteroatoms. The van der Waals surface area contributed by atoms with E-state index in [0.29, 0.717) is 16.7 Å². The molecule has 0 saturated heterocycles. The molecular formula is C18H19N3O2S. The highest BCUT2D eigenvalue weighted by atomic mass is 32.2. The Bertz CT molecular complexity index is 903. The molecule has 0 radical (unpaired) electrons. The number of nitrogen functional groups attached to an aromatic ring is 1.